The zero-order valence-corrected chi connectivity index (χ0v) is 8.07. The third-order valence-corrected chi connectivity index (χ3v) is 2.44. The fourth-order valence-electron chi connectivity index (χ4n) is 1.68. The number of rotatable bonds is 2. The van der Waals surface area contributed by atoms with Crippen molar-refractivity contribution in [2.45, 2.75) is 12.5 Å². The van der Waals surface area contributed by atoms with Crippen LogP contribution in [0.4, 0.5) is 0 Å². The van der Waals surface area contributed by atoms with Crippen LogP contribution in [0.2, 0.25) is 0 Å². The quantitative estimate of drug-likeness (QED) is 0.734. The van der Waals surface area contributed by atoms with E-state index < -0.39 is 0 Å². The van der Waals surface area contributed by atoms with Gasteiger partial charge in [-0.25, -0.2) is 0 Å². The van der Waals surface area contributed by atoms with Crippen LogP contribution in [0, 0.1) is 0 Å². The molecule has 3 nitrogen and oxygen atoms in total. The Morgan fingerprint density at radius 1 is 1.43 bits per heavy atom. The average molecular weight is 193 g/mol. The second-order valence-electron chi connectivity index (χ2n) is 3.53. The summed E-state index contributed by atoms with van der Waals surface area (Å²) in [5.74, 6) is 0.363. The molecule has 1 aromatic carbocycles. The molecule has 0 saturated carbocycles. The van der Waals surface area contributed by atoms with Crippen molar-refractivity contribution in [3.05, 3.63) is 29.8 Å². The van der Waals surface area contributed by atoms with Crippen molar-refractivity contribution in [1.82, 2.24) is 5.32 Å². The molecule has 0 aliphatic carbocycles. The molecular weight excluding hydrogens is 178 g/mol. The van der Waals surface area contributed by atoms with Crippen molar-refractivity contribution >= 4 is 0 Å². The van der Waals surface area contributed by atoms with Crippen LogP contribution in [0.25, 0.3) is 0 Å². The molecule has 1 aliphatic heterocycles. The third-order valence-electron chi connectivity index (χ3n) is 2.44. The van der Waals surface area contributed by atoms with E-state index in [9.17, 15) is 5.11 Å². The summed E-state index contributed by atoms with van der Waals surface area (Å²) in [4.78, 5) is 0. The van der Waals surface area contributed by atoms with Crippen molar-refractivity contribution in [2.75, 3.05) is 19.7 Å². The van der Waals surface area contributed by atoms with E-state index in [4.69, 9.17) is 4.74 Å². The van der Waals surface area contributed by atoms with Gasteiger partial charge in [-0.3, -0.25) is 0 Å². The molecule has 2 rings (SSSR count). The van der Waals surface area contributed by atoms with Gasteiger partial charge in [-0.05, 0) is 11.6 Å². The Labute approximate surface area is 83.7 Å². The van der Waals surface area contributed by atoms with Gasteiger partial charge in [0.1, 0.15) is 5.75 Å². The summed E-state index contributed by atoms with van der Waals surface area (Å²) in [6.07, 6.45) is 0.969. The second kappa shape index (κ2) is 4.44. The number of phenols is 1. The van der Waals surface area contributed by atoms with E-state index in [2.05, 4.69) is 5.32 Å². The first-order valence-electron chi connectivity index (χ1n) is 4.95. The van der Waals surface area contributed by atoms with E-state index in [0.29, 0.717) is 5.75 Å². The first-order chi connectivity index (χ1) is 6.86. The number of nitrogens with one attached hydrogen (secondary N) is 1. The number of ether oxygens (including phenoxy) is 1. The lowest BCUT2D eigenvalue weighted by Gasteiger charge is -2.23. The van der Waals surface area contributed by atoms with Crippen LogP contribution >= 0.6 is 0 Å². The van der Waals surface area contributed by atoms with Crippen LogP contribution in [-0.2, 0) is 11.2 Å². The highest BCUT2D eigenvalue weighted by molar-refractivity contribution is 5.32. The van der Waals surface area contributed by atoms with Crippen molar-refractivity contribution in [1.29, 1.82) is 0 Å². The van der Waals surface area contributed by atoms with Crippen LogP contribution in [0.3, 0.4) is 0 Å². The fraction of sp³-hybridized carbons (Fsp3) is 0.455. The van der Waals surface area contributed by atoms with Gasteiger partial charge in [0.05, 0.1) is 12.7 Å². The number of benzene rings is 1. The lowest BCUT2D eigenvalue weighted by Crippen LogP contribution is -2.39. The zero-order chi connectivity index (χ0) is 9.80. The first-order valence-corrected chi connectivity index (χ1v) is 4.95. The SMILES string of the molecule is Oc1ccccc1CC1CNCCO1. The summed E-state index contributed by atoms with van der Waals surface area (Å²) in [6, 6.07) is 7.42. The van der Waals surface area contributed by atoms with Gasteiger partial charge in [-0.15, -0.1) is 0 Å². The van der Waals surface area contributed by atoms with E-state index >= 15 is 0 Å². The summed E-state index contributed by atoms with van der Waals surface area (Å²) in [7, 11) is 0. The lowest BCUT2D eigenvalue weighted by molar-refractivity contribution is 0.0289. The van der Waals surface area contributed by atoms with Crippen LogP contribution in [0.1, 0.15) is 5.56 Å². The molecule has 1 aliphatic rings. The normalized spacial score (nSPS) is 22.1. The van der Waals surface area contributed by atoms with Gasteiger partial charge in [-0.1, -0.05) is 18.2 Å². The van der Waals surface area contributed by atoms with Crippen molar-refractivity contribution < 1.29 is 9.84 Å². The highest BCUT2D eigenvalue weighted by Gasteiger charge is 2.14. The largest absolute Gasteiger partial charge is 0.508 e. The van der Waals surface area contributed by atoms with E-state index in [1.807, 2.05) is 18.2 Å². The summed E-state index contributed by atoms with van der Waals surface area (Å²) >= 11 is 0. The van der Waals surface area contributed by atoms with Gasteiger partial charge >= 0.3 is 0 Å². The molecule has 0 bridgehead atoms. The van der Waals surface area contributed by atoms with Crippen molar-refractivity contribution in [3.8, 4) is 5.75 Å². The highest BCUT2D eigenvalue weighted by Crippen LogP contribution is 2.18. The van der Waals surface area contributed by atoms with Crippen LogP contribution in [-0.4, -0.2) is 30.9 Å². The van der Waals surface area contributed by atoms with E-state index in [1.54, 1.807) is 6.07 Å². The number of para-hydroxylation sites is 1. The number of phenolic OH excluding ortho intramolecular Hbond substituents is 1. The Kier molecular flexibility index (Phi) is 3.01. The molecular formula is C11H15NO2. The summed E-state index contributed by atoms with van der Waals surface area (Å²) in [5.41, 5.74) is 0.959. The fourth-order valence-corrected chi connectivity index (χ4v) is 1.68. The van der Waals surface area contributed by atoms with Gasteiger partial charge in [0.25, 0.3) is 0 Å². The molecule has 2 N–H and O–H groups in total. The van der Waals surface area contributed by atoms with E-state index in [-0.39, 0.29) is 6.10 Å². The van der Waals surface area contributed by atoms with Gasteiger partial charge in [-0.2, -0.15) is 0 Å². The zero-order valence-electron chi connectivity index (χ0n) is 8.07. The second-order valence-corrected chi connectivity index (χ2v) is 3.53. The molecule has 76 valence electrons. The minimum Gasteiger partial charge on any atom is -0.508 e. The monoisotopic (exact) mass is 193 g/mol. The molecule has 0 aromatic heterocycles. The van der Waals surface area contributed by atoms with Crippen molar-refractivity contribution in [3.63, 3.8) is 0 Å². The maximum Gasteiger partial charge on any atom is 0.118 e. The molecule has 0 radical (unpaired) electrons. The Bertz CT molecular complexity index is 295. The Morgan fingerprint density at radius 3 is 3.00 bits per heavy atom. The Morgan fingerprint density at radius 2 is 2.29 bits per heavy atom. The molecule has 1 atom stereocenters. The molecule has 1 fully saturated rings. The lowest BCUT2D eigenvalue weighted by atomic mass is 10.1. The minimum atomic E-state index is 0.192. The highest BCUT2D eigenvalue weighted by atomic mass is 16.5. The van der Waals surface area contributed by atoms with E-state index in [0.717, 1.165) is 31.7 Å². The third kappa shape index (κ3) is 2.25. The summed E-state index contributed by atoms with van der Waals surface area (Å²) in [6.45, 7) is 2.56. The van der Waals surface area contributed by atoms with E-state index in [1.165, 1.54) is 0 Å². The van der Waals surface area contributed by atoms with Crippen LogP contribution < -0.4 is 5.32 Å². The standard InChI is InChI=1S/C11H15NO2/c13-11-4-2-1-3-9(11)7-10-8-12-5-6-14-10/h1-4,10,12-13H,5-8H2. The smallest absolute Gasteiger partial charge is 0.118 e. The minimum absolute atomic E-state index is 0.192. The first kappa shape index (κ1) is 9.49. The molecule has 14 heavy (non-hydrogen) atoms. The Hall–Kier alpha value is -1.06. The molecule has 1 saturated heterocycles. The number of aromatic hydroxyl groups is 1. The maximum atomic E-state index is 9.57. The van der Waals surface area contributed by atoms with Crippen LogP contribution in [0.5, 0.6) is 5.75 Å². The van der Waals surface area contributed by atoms with Gasteiger partial charge < -0.3 is 15.2 Å². The number of hydrogen-bond acceptors (Lipinski definition) is 3. The molecule has 1 unspecified atom stereocenters. The molecule has 1 aromatic rings. The molecule has 1 heterocycles. The molecule has 0 amide bonds. The predicted molar refractivity (Wildman–Crippen MR) is 54.4 cm³/mol. The van der Waals surface area contributed by atoms with Gasteiger partial charge in [0.2, 0.25) is 0 Å². The summed E-state index contributed by atoms with van der Waals surface area (Å²) in [5, 5.41) is 12.8. The molecule has 3 heteroatoms. The number of hydrogen-bond donors (Lipinski definition) is 2. The molecule has 0 spiro atoms. The van der Waals surface area contributed by atoms with Gasteiger partial charge in [0, 0.05) is 19.5 Å². The Balaban J connectivity index is 1.99. The summed E-state index contributed by atoms with van der Waals surface area (Å²) < 4.78 is 5.56. The average Bonchev–Trinajstić information content (AvgIpc) is 2.23. The maximum absolute atomic E-state index is 9.57. The van der Waals surface area contributed by atoms with Crippen molar-refractivity contribution in [2.24, 2.45) is 0 Å². The van der Waals surface area contributed by atoms with Crippen LogP contribution in [0.15, 0.2) is 24.3 Å². The topological polar surface area (TPSA) is 41.5 Å². The predicted octanol–water partition coefficient (Wildman–Crippen LogP) is 0.923. The van der Waals surface area contributed by atoms with Gasteiger partial charge in [0.15, 0.2) is 0 Å². The number of morpholine rings is 1.